The molecule has 92 valence electrons. The summed E-state index contributed by atoms with van der Waals surface area (Å²) in [6.45, 7) is 0. The molecule has 0 aliphatic heterocycles. The number of rotatable bonds is 2. The first kappa shape index (κ1) is 12.0. The van der Waals surface area contributed by atoms with Gasteiger partial charge < -0.3 is 5.11 Å². The number of benzene rings is 1. The van der Waals surface area contributed by atoms with Gasteiger partial charge in [0, 0.05) is 0 Å². The van der Waals surface area contributed by atoms with Crippen LogP contribution in [0.5, 0.6) is 0 Å². The largest absolute Gasteiger partial charge is 0.478 e. The van der Waals surface area contributed by atoms with E-state index in [-0.39, 0.29) is 5.56 Å². The maximum absolute atomic E-state index is 13.1. The summed E-state index contributed by atoms with van der Waals surface area (Å²) in [4.78, 5) is 10.4. The van der Waals surface area contributed by atoms with Gasteiger partial charge in [0.25, 0.3) is 0 Å². The van der Waals surface area contributed by atoms with Gasteiger partial charge in [-0.1, -0.05) is 0 Å². The van der Waals surface area contributed by atoms with E-state index >= 15 is 0 Å². The van der Waals surface area contributed by atoms with Crippen LogP contribution in [0.4, 0.5) is 3.89 Å². The molecular weight excluding hydrogens is 247 g/mol. The van der Waals surface area contributed by atoms with E-state index in [2.05, 4.69) is 0 Å². The summed E-state index contributed by atoms with van der Waals surface area (Å²) < 4.78 is 35.2. The molecule has 1 aromatic carbocycles. The molecule has 0 heterocycles. The number of fused-ring (bicyclic) bond motifs is 1. The number of hydrogen-bond acceptors (Lipinski definition) is 3. The minimum atomic E-state index is -4.86. The number of hydrogen-bond donors (Lipinski definition) is 1. The molecule has 1 aliphatic rings. The summed E-state index contributed by atoms with van der Waals surface area (Å²) in [7, 11) is -4.86. The van der Waals surface area contributed by atoms with Crippen LogP contribution in [0, 0.1) is 0 Å². The molecule has 1 N–H and O–H groups in total. The lowest BCUT2D eigenvalue weighted by atomic mass is 9.90. The fourth-order valence-electron chi connectivity index (χ4n) is 2.17. The first-order valence-electron chi connectivity index (χ1n) is 5.23. The van der Waals surface area contributed by atoms with Crippen molar-refractivity contribution in [2.24, 2.45) is 0 Å². The molecule has 2 rings (SSSR count). The quantitative estimate of drug-likeness (QED) is 0.823. The second kappa shape index (κ2) is 4.10. The normalized spacial score (nSPS) is 15.4. The van der Waals surface area contributed by atoms with Gasteiger partial charge in [-0.05, 0) is 48.9 Å². The van der Waals surface area contributed by atoms with Crippen molar-refractivity contribution in [1.29, 1.82) is 0 Å². The molecule has 4 nitrogen and oxygen atoms in total. The van der Waals surface area contributed by atoms with Gasteiger partial charge >= 0.3 is 16.2 Å². The van der Waals surface area contributed by atoms with Crippen molar-refractivity contribution in [1.82, 2.24) is 0 Å². The van der Waals surface area contributed by atoms with Crippen LogP contribution in [-0.4, -0.2) is 19.5 Å². The number of carbonyl (C=O) groups is 1. The Labute approximate surface area is 98.3 Å². The van der Waals surface area contributed by atoms with E-state index < -0.39 is 21.1 Å². The lowest BCUT2D eigenvalue weighted by Crippen LogP contribution is -2.11. The van der Waals surface area contributed by atoms with Gasteiger partial charge in [-0.15, -0.1) is 3.89 Å². The minimum absolute atomic E-state index is 0.179. The topological polar surface area (TPSA) is 71.4 Å². The smallest absolute Gasteiger partial charge is 0.335 e. The number of aromatic carboxylic acids is 1. The highest BCUT2D eigenvalue weighted by atomic mass is 32.3. The van der Waals surface area contributed by atoms with Crippen molar-refractivity contribution in [3.05, 3.63) is 28.8 Å². The summed E-state index contributed by atoms with van der Waals surface area (Å²) in [6.07, 6.45) is 2.73. The molecule has 6 heteroatoms. The van der Waals surface area contributed by atoms with Gasteiger partial charge in [0.2, 0.25) is 0 Å². The van der Waals surface area contributed by atoms with Gasteiger partial charge in [-0.3, -0.25) is 0 Å². The third kappa shape index (κ3) is 2.31. The molecular formula is C11H11FO4S. The van der Waals surface area contributed by atoms with Gasteiger partial charge in [-0.25, -0.2) is 4.79 Å². The number of carboxylic acids is 1. The zero-order valence-corrected chi connectivity index (χ0v) is 9.76. The maximum atomic E-state index is 13.1. The Morgan fingerprint density at radius 2 is 1.88 bits per heavy atom. The van der Waals surface area contributed by atoms with Crippen LogP contribution in [0.15, 0.2) is 17.0 Å². The molecule has 0 atom stereocenters. The first-order chi connectivity index (χ1) is 7.89. The van der Waals surface area contributed by atoms with Gasteiger partial charge in [0.05, 0.1) is 5.56 Å². The van der Waals surface area contributed by atoms with Crippen molar-refractivity contribution in [3.63, 3.8) is 0 Å². The Kier molecular flexibility index (Phi) is 2.91. The standard InChI is InChI=1S/C11H11FO4S/c12-17(15,16)10-6-8(11(13)14)5-7-3-1-2-4-9(7)10/h5-6H,1-4H2,(H,13,14). The molecule has 0 saturated heterocycles. The maximum Gasteiger partial charge on any atom is 0.335 e. The molecule has 0 saturated carbocycles. The van der Waals surface area contributed by atoms with E-state index in [0.29, 0.717) is 24.0 Å². The average Bonchev–Trinajstić information content (AvgIpc) is 2.26. The van der Waals surface area contributed by atoms with Crippen LogP contribution < -0.4 is 0 Å². The average molecular weight is 258 g/mol. The van der Waals surface area contributed by atoms with Crippen LogP contribution in [0.3, 0.4) is 0 Å². The molecule has 1 aromatic rings. The lowest BCUT2D eigenvalue weighted by molar-refractivity contribution is 0.0696. The van der Waals surface area contributed by atoms with Gasteiger partial charge in [0.15, 0.2) is 0 Å². The fraction of sp³-hybridized carbons (Fsp3) is 0.364. The summed E-state index contributed by atoms with van der Waals surface area (Å²) in [6, 6.07) is 2.34. The molecule has 17 heavy (non-hydrogen) atoms. The number of aryl methyl sites for hydroxylation is 1. The zero-order chi connectivity index (χ0) is 12.6. The highest BCUT2D eigenvalue weighted by Gasteiger charge is 2.24. The second-order valence-corrected chi connectivity index (χ2v) is 5.38. The Morgan fingerprint density at radius 1 is 1.24 bits per heavy atom. The highest BCUT2D eigenvalue weighted by molar-refractivity contribution is 7.86. The molecule has 0 radical (unpaired) electrons. The van der Waals surface area contributed by atoms with E-state index in [1.54, 1.807) is 0 Å². The number of halogens is 1. The number of carboxylic acid groups (broad SMARTS) is 1. The van der Waals surface area contributed by atoms with Crippen LogP contribution >= 0.6 is 0 Å². The van der Waals surface area contributed by atoms with Gasteiger partial charge in [-0.2, -0.15) is 8.42 Å². The zero-order valence-electron chi connectivity index (χ0n) is 8.94. The van der Waals surface area contributed by atoms with E-state index in [9.17, 15) is 17.1 Å². The molecule has 0 amide bonds. The summed E-state index contributed by atoms with van der Waals surface area (Å²) in [5.41, 5.74) is 0.887. The van der Waals surface area contributed by atoms with Crippen molar-refractivity contribution < 1.29 is 22.2 Å². The van der Waals surface area contributed by atoms with E-state index in [0.717, 1.165) is 18.9 Å². The molecule has 0 unspecified atom stereocenters. The molecule has 0 spiro atoms. The van der Waals surface area contributed by atoms with Crippen LogP contribution in [0.2, 0.25) is 0 Å². The highest BCUT2D eigenvalue weighted by Crippen LogP contribution is 2.30. The monoisotopic (exact) mass is 258 g/mol. The van der Waals surface area contributed by atoms with Crippen molar-refractivity contribution >= 4 is 16.2 Å². The van der Waals surface area contributed by atoms with Crippen LogP contribution in [0.1, 0.15) is 34.3 Å². The SMILES string of the molecule is O=C(O)c1cc2c(c(S(=O)(=O)F)c1)CCCC2. The van der Waals surface area contributed by atoms with Crippen molar-refractivity contribution in [3.8, 4) is 0 Å². The Bertz CT molecular complexity index is 577. The Morgan fingerprint density at radius 3 is 2.47 bits per heavy atom. The lowest BCUT2D eigenvalue weighted by Gasteiger charge is -2.18. The summed E-state index contributed by atoms with van der Waals surface area (Å²) in [5.74, 6) is -1.25. The van der Waals surface area contributed by atoms with E-state index in [1.807, 2.05) is 0 Å². The van der Waals surface area contributed by atoms with E-state index in [1.165, 1.54) is 6.07 Å². The third-order valence-corrected chi connectivity index (χ3v) is 3.82. The second-order valence-electron chi connectivity index (χ2n) is 4.06. The Balaban J connectivity index is 2.71. The summed E-state index contributed by atoms with van der Waals surface area (Å²) >= 11 is 0. The minimum Gasteiger partial charge on any atom is -0.478 e. The van der Waals surface area contributed by atoms with Crippen LogP contribution in [0.25, 0.3) is 0 Å². The Hall–Kier alpha value is -1.43. The van der Waals surface area contributed by atoms with Crippen molar-refractivity contribution in [2.75, 3.05) is 0 Å². The summed E-state index contributed by atoms with van der Waals surface area (Å²) in [5, 5.41) is 8.86. The van der Waals surface area contributed by atoms with E-state index in [4.69, 9.17) is 5.11 Å². The van der Waals surface area contributed by atoms with Gasteiger partial charge in [0.1, 0.15) is 4.90 Å². The predicted molar refractivity (Wildman–Crippen MR) is 58.3 cm³/mol. The predicted octanol–water partition coefficient (Wildman–Crippen LogP) is 1.92. The molecule has 0 aromatic heterocycles. The van der Waals surface area contributed by atoms with Crippen LogP contribution in [-0.2, 0) is 23.1 Å². The third-order valence-electron chi connectivity index (χ3n) is 2.93. The van der Waals surface area contributed by atoms with Crippen molar-refractivity contribution in [2.45, 2.75) is 30.6 Å². The molecule has 0 bridgehead atoms. The first-order valence-corrected chi connectivity index (χ1v) is 6.61. The fourth-order valence-corrected chi connectivity index (χ4v) is 2.96. The molecule has 1 aliphatic carbocycles. The molecule has 0 fully saturated rings.